The number of nitriles is 1. The quantitative estimate of drug-likeness (QED) is 0.628. The molecule has 1 aromatic heterocycles. The summed E-state index contributed by atoms with van der Waals surface area (Å²) in [6.45, 7) is 1.86. The van der Waals surface area contributed by atoms with Gasteiger partial charge in [-0.05, 0) is 42.1 Å². The summed E-state index contributed by atoms with van der Waals surface area (Å²) in [5.74, 6) is 0.321. The lowest BCUT2D eigenvalue weighted by molar-refractivity contribution is 0.0925. The topological polar surface area (TPSA) is 50.1 Å². The number of halogens is 1. The first-order valence-electron chi connectivity index (χ1n) is 6.94. The van der Waals surface area contributed by atoms with Crippen LogP contribution in [0.25, 0.3) is 10.1 Å². The molecule has 5 heteroatoms. The number of carbonyl (C=O) groups excluding carboxylic acids is 1. The van der Waals surface area contributed by atoms with Crippen LogP contribution in [0.2, 0.25) is 5.02 Å². The highest BCUT2D eigenvalue weighted by atomic mass is 35.5. The van der Waals surface area contributed by atoms with Gasteiger partial charge in [-0.25, -0.2) is 0 Å². The summed E-state index contributed by atoms with van der Waals surface area (Å²) in [4.78, 5) is 13.1. The van der Waals surface area contributed by atoms with Gasteiger partial charge in [0.15, 0.2) is 6.61 Å². The lowest BCUT2D eigenvalue weighted by Gasteiger charge is -2.07. The molecule has 23 heavy (non-hydrogen) atoms. The minimum Gasteiger partial charge on any atom is -0.484 e. The molecule has 3 nitrogen and oxygen atoms in total. The molecule has 0 aliphatic rings. The fraction of sp³-hybridized carbons (Fsp3) is 0.111. The van der Waals surface area contributed by atoms with Gasteiger partial charge < -0.3 is 4.74 Å². The van der Waals surface area contributed by atoms with Crippen LogP contribution in [0.3, 0.4) is 0 Å². The number of hydrogen-bond acceptors (Lipinski definition) is 4. The number of Topliss-reactive ketones (excluding diaryl/α,β-unsaturated/α-hetero) is 1. The normalized spacial score (nSPS) is 10.5. The Morgan fingerprint density at radius 1 is 1.30 bits per heavy atom. The Bertz CT molecular complexity index is 940. The van der Waals surface area contributed by atoms with E-state index in [1.807, 2.05) is 37.3 Å². The SMILES string of the molecule is Cc1c(C(=O)COc2ccc(C#N)cc2Cl)sc2ccccc12. The highest BCUT2D eigenvalue weighted by molar-refractivity contribution is 7.21. The fourth-order valence-corrected chi connectivity index (χ4v) is 3.71. The highest BCUT2D eigenvalue weighted by Crippen LogP contribution is 2.31. The molecule has 0 atom stereocenters. The first-order valence-corrected chi connectivity index (χ1v) is 8.13. The summed E-state index contributed by atoms with van der Waals surface area (Å²) < 4.78 is 6.61. The Hall–Kier alpha value is -2.35. The van der Waals surface area contributed by atoms with Crippen molar-refractivity contribution < 1.29 is 9.53 Å². The lowest BCUT2D eigenvalue weighted by atomic mass is 10.1. The van der Waals surface area contributed by atoms with Gasteiger partial charge in [-0.15, -0.1) is 11.3 Å². The van der Waals surface area contributed by atoms with Crippen molar-refractivity contribution in [1.82, 2.24) is 0 Å². The number of benzene rings is 2. The Kier molecular flexibility index (Phi) is 4.33. The van der Waals surface area contributed by atoms with E-state index in [4.69, 9.17) is 21.6 Å². The molecule has 0 saturated carbocycles. The number of fused-ring (bicyclic) bond motifs is 1. The summed E-state index contributed by atoms with van der Waals surface area (Å²) in [6.07, 6.45) is 0. The monoisotopic (exact) mass is 341 g/mol. The van der Waals surface area contributed by atoms with Crippen LogP contribution in [0.4, 0.5) is 0 Å². The molecular weight excluding hydrogens is 330 g/mol. The van der Waals surface area contributed by atoms with Gasteiger partial charge >= 0.3 is 0 Å². The summed E-state index contributed by atoms with van der Waals surface area (Å²) in [5, 5.41) is 10.2. The number of thiophene rings is 1. The van der Waals surface area contributed by atoms with E-state index in [2.05, 4.69) is 0 Å². The Morgan fingerprint density at radius 2 is 2.09 bits per heavy atom. The molecule has 1 heterocycles. The number of hydrogen-bond donors (Lipinski definition) is 0. The third-order valence-electron chi connectivity index (χ3n) is 3.52. The number of ether oxygens (including phenoxy) is 1. The zero-order chi connectivity index (χ0) is 16.4. The van der Waals surface area contributed by atoms with E-state index in [1.54, 1.807) is 12.1 Å². The van der Waals surface area contributed by atoms with Crippen LogP contribution in [-0.4, -0.2) is 12.4 Å². The van der Waals surface area contributed by atoms with Crippen molar-refractivity contribution in [2.24, 2.45) is 0 Å². The molecule has 0 aliphatic carbocycles. The van der Waals surface area contributed by atoms with Gasteiger partial charge in [0, 0.05) is 4.70 Å². The summed E-state index contributed by atoms with van der Waals surface area (Å²) in [6, 6.07) is 14.7. The molecular formula is C18H12ClNO2S. The average molecular weight is 342 g/mol. The van der Waals surface area contributed by atoms with Crippen LogP contribution in [0.1, 0.15) is 20.8 Å². The second-order valence-electron chi connectivity index (χ2n) is 5.02. The summed E-state index contributed by atoms with van der Waals surface area (Å²) in [7, 11) is 0. The van der Waals surface area contributed by atoms with E-state index in [1.165, 1.54) is 17.4 Å². The molecule has 0 saturated heterocycles. The van der Waals surface area contributed by atoms with Crippen LogP contribution >= 0.6 is 22.9 Å². The van der Waals surface area contributed by atoms with Crippen LogP contribution < -0.4 is 4.74 Å². The maximum absolute atomic E-state index is 12.4. The molecule has 0 unspecified atom stereocenters. The second-order valence-corrected chi connectivity index (χ2v) is 6.48. The number of ketones is 1. The van der Waals surface area contributed by atoms with Crippen LogP contribution in [-0.2, 0) is 0 Å². The van der Waals surface area contributed by atoms with Gasteiger partial charge in [0.25, 0.3) is 0 Å². The van der Waals surface area contributed by atoms with Crippen molar-refractivity contribution in [1.29, 1.82) is 5.26 Å². The summed E-state index contributed by atoms with van der Waals surface area (Å²) in [5.41, 5.74) is 1.43. The van der Waals surface area contributed by atoms with Crippen molar-refractivity contribution in [2.45, 2.75) is 6.92 Å². The molecule has 0 radical (unpaired) electrons. The van der Waals surface area contributed by atoms with Crippen molar-refractivity contribution in [2.75, 3.05) is 6.61 Å². The third kappa shape index (κ3) is 3.07. The predicted octanol–water partition coefficient (Wildman–Crippen LogP) is 5.00. The zero-order valence-electron chi connectivity index (χ0n) is 12.3. The van der Waals surface area contributed by atoms with E-state index in [9.17, 15) is 4.79 Å². The van der Waals surface area contributed by atoms with E-state index < -0.39 is 0 Å². The van der Waals surface area contributed by atoms with Crippen molar-refractivity contribution in [3.05, 3.63) is 63.5 Å². The van der Waals surface area contributed by atoms with E-state index in [0.29, 0.717) is 21.2 Å². The van der Waals surface area contributed by atoms with Crippen LogP contribution in [0.15, 0.2) is 42.5 Å². The van der Waals surface area contributed by atoms with Gasteiger partial charge in [-0.2, -0.15) is 5.26 Å². The molecule has 114 valence electrons. The van der Waals surface area contributed by atoms with E-state index in [0.717, 1.165) is 15.6 Å². The number of carbonyl (C=O) groups is 1. The Morgan fingerprint density at radius 3 is 2.78 bits per heavy atom. The summed E-state index contributed by atoms with van der Waals surface area (Å²) >= 11 is 7.52. The smallest absolute Gasteiger partial charge is 0.210 e. The lowest BCUT2D eigenvalue weighted by Crippen LogP contribution is -2.11. The molecule has 0 amide bonds. The Balaban J connectivity index is 1.79. The van der Waals surface area contributed by atoms with Gasteiger partial charge in [0.1, 0.15) is 5.75 Å². The third-order valence-corrected chi connectivity index (χ3v) is 5.13. The molecule has 0 aliphatic heterocycles. The van der Waals surface area contributed by atoms with E-state index >= 15 is 0 Å². The average Bonchev–Trinajstić information content (AvgIpc) is 2.91. The molecule has 0 bridgehead atoms. The van der Waals surface area contributed by atoms with Crippen molar-refractivity contribution in [3.8, 4) is 11.8 Å². The van der Waals surface area contributed by atoms with Gasteiger partial charge in [0.2, 0.25) is 5.78 Å². The minimum atomic E-state index is -0.0840. The molecule has 3 aromatic rings. The first kappa shape index (κ1) is 15.5. The maximum Gasteiger partial charge on any atom is 0.210 e. The van der Waals surface area contributed by atoms with Crippen LogP contribution in [0.5, 0.6) is 5.75 Å². The molecule has 2 aromatic carbocycles. The number of rotatable bonds is 4. The minimum absolute atomic E-state index is 0.0795. The highest BCUT2D eigenvalue weighted by Gasteiger charge is 2.16. The largest absolute Gasteiger partial charge is 0.484 e. The fourth-order valence-electron chi connectivity index (χ4n) is 2.34. The molecule has 0 N–H and O–H groups in total. The van der Waals surface area contributed by atoms with Crippen LogP contribution in [0, 0.1) is 18.3 Å². The number of aryl methyl sites for hydroxylation is 1. The number of nitrogens with zero attached hydrogens (tertiary/aromatic N) is 1. The maximum atomic E-state index is 12.4. The molecule has 0 fully saturated rings. The van der Waals surface area contributed by atoms with Gasteiger partial charge in [-0.3, -0.25) is 4.79 Å². The standard InChI is InChI=1S/C18H12ClNO2S/c1-11-13-4-2-3-5-17(13)23-18(11)15(21)10-22-16-7-6-12(9-20)8-14(16)19/h2-8H,10H2,1H3. The predicted molar refractivity (Wildman–Crippen MR) is 92.6 cm³/mol. The van der Waals surface area contributed by atoms with Gasteiger partial charge in [0.05, 0.1) is 21.5 Å². The van der Waals surface area contributed by atoms with Crippen molar-refractivity contribution >= 4 is 38.8 Å². The molecule has 3 rings (SSSR count). The van der Waals surface area contributed by atoms with Crippen molar-refractivity contribution in [3.63, 3.8) is 0 Å². The molecule has 0 spiro atoms. The second kappa shape index (κ2) is 6.41. The Labute approximate surface area is 142 Å². The van der Waals surface area contributed by atoms with E-state index in [-0.39, 0.29) is 12.4 Å². The first-order chi connectivity index (χ1) is 11.1. The van der Waals surface area contributed by atoms with Gasteiger partial charge in [-0.1, -0.05) is 29.8 Å². The zero-order valence-corrected chi connectivity index (χ0v) is 13.9.